The van der Waals surface area contributed by atoms with Crippen molar-refractivity contribution in [3.05, 3.63) is 12.5 Å². The number of sulfonamides is 1. The van der Waals surface area contributed by atoms with Gasteiger partial charge < -0.3 is 4.57 Å². The highest BCUT2D eigenvalue weighted by atomic mass is 32.2. The van der Waals surface area contributed by atoms with Crippen LogP contribution in [0.1, 0.15) is 13.8 Å². The van der Waals surface area contributed by atoms with Gasteiger partial charge in [-0.2, -0.15) is 4.31 Å². The predicted molar refractivity (Wildman–Crippen MR) is 84.0 cm³/mol. The van der Waals surface area contributed by atoms with Crippen molar-refractivity contribution in [3.8, 4) is 0 Å². The zero-order chi connectivity index (χ0) is 15.9. The smallest absolute Gasteiger partial charge is 0.262 e. The summed E-state index contributed by atoms with van der Waals surface area (Å²) in [4.78, 5) is 8.86. The molecule has 0 aromatic carbocycles. The van der Waals surface area contributed by atoms with E-state index in [4.69, 9.17) is 0 Å². The van der Waals surface area contributed by atoms with E-state index in [9.17, 15) is 8.42 Å². The van der Waals surface area contributed by atoms with Crippen molar-refractivity contribution in [1.82, 2.24) is 23.7 Å². The van der Waals surface area contributed by atoms with Crippen molar-refractivity contribution in [1.29, 1.82) is 0 Å². The summed E-state index contributed by atoms with van der Waals surface area (Å²) in [6.07, 6.45) is 3.08. The highest BCUT2D eigenvalue weighted by Crippen LogP contribution is 2.24. The first kappa shape index (κ1) is 15.9. The molecule has 1 aromatic heterocycles. The molecule has 124 valence electrons. The van der Waals surface area contributed by atoms with Crippen LogP contribution in [0.5, 0.6) is 0 Å². The molecule has 0 unspecified atom stereocenters. The fourth-order valence-electron chi connectivity index (χ4n) is 3.12. The van der Waals surface area contributed by atoms with E-state index in [-0.39, 0.29) is 5.03 Å². The van der Waals surface area contributed by atoms with Crippen molar-refractivity contribution in [3.63, 3.8) is 0 Å². The molecule has 22 heavy (non-hydrogen) atoms. The average Bonchev–Trinajstić information content (AvgIpc) is 2.85. The maximum Gasteiger partial charge on any atom is 0.262 e. The van der Waals surface area contributed by atoms with Crippen molar-refractivity contribution < 1.29 is 8.42 Å². The van der Waals surface area contributed by atoms with Gasteiger partial charge >= 0.3 is 0 Å². The molecule has 0 bridgehead atoms. The lowest BCUT2D eigenvalue weighted by atomic mass is 10.1. The van der Waals surface area contributed by atoms with Crippen molar-refractivity contribution >= 4 is 10.0 Å². The van der Waals surface area contributed by atoms with Gasteiger partial charge in [0.25, 0.3) is 10.0 Å². The van der Waals surface area contributed by atoms with E-state index in [2.05, 4.69) is 28.6 Å². The standard InChI is InChI=1S/C14H25N5O2S/c1-12(2)17-4-6-18(7-5-17)13-8-19(9-13)22(20,21)14-10-16(3)11-15-14/h10-13H,4-9H2,1-3H3. The summed E-state index contributed by atoms with van der Waals surface area (Å²) in [6, 6.07) is 0.942. The zero-order valence-electron chi connectivity index (χ0n) is 13.5. The van der Waals surface area contributed by atoms with Gasteiger partial charge in [0.1, 0.15) is 0 Å². The van der Waals surface area contributed by atoms with E-state index in [1.54, 1.807) is 17.8 Å². The molecule has 3 rings (SSSR count). The van der Waals surface area contributed by atoms with Gasteiger partial charge in [0.15, 0.2) is 5.03 Å². The highest BCUT2D eigenvalue weighted by Gasteiger charge is 2.41. The van der Waals surface area contributed by atoms with Crippen LogP contribution in [0.25, 0.3) is 0 Å². The van der Waals surface area contributed by atoms with Gasteiger partial charge in [-0.25, -0.2) is 13.4 Å². The fourth-order valence-corrected chi connectivity index (χ4v) is 4.60. The second-order valence-corrected chi connectivity index (χ2v) is 8.40. The summed E-state index contributed by atoms with van der Waals surface area (Å²) < 4.78 is 28.0. The maximum atomic E-state index is 12.4. The molecular weight excluding hydrogens is 302 g/mol. The number of imidazole rings is 1. The Morgan fingerprint density at radius 2 is 1.82 bits per heavy atom. The van der Waals surface area contributed by atoms with Crippen LogP contribution in [0, 0.1) is 0 Å². The normalized spacial score (nSPS) is 23.1. The van der Waals surface area contributed by atoms with Crippen LogP contribution in [-0.2, 0) is 17.1 Å². The molecule has 0 aliphatic carbocycles. The number of piperazine rings is 1. The average molecular weight is 327 g/mol. The largest absolute Gasteiger partial charge is 0.339 e. The minimum Gasteiger partial charge on any atom is -0.339 e. The van der Waals surface area contributed by atoms with E-state index in [1.165, 1.54) is 10.6 Å². The van der Waals surface area contributed by atoms with Crippen LogP contribution >= 0.6 is 0 Å². The van der Waals surface area contributed by atoms with E-state index < -0.39 is 10.0 Å². The van der Waals surface area contributed by atoms with Gasteiger partial charge in [-0.3, -0.25) is 9.80 Å². The Morgan fingerprint density at radius 1 is 1.18 bits per heavy atom. The minimum atomic E-state index is -3.41. The predicted octanol–water partition coefficient (Wildman–Crippen LogP) is -0.181. The molecule has 8 heteroatoms. The molecule has 2 fully saturated rings. The Morgan fingerprint density at radius 3 is 2.32 bits per heavy atom. The first-order valence-corrected chi connectivity index (χ1v) is 9.28. The SMILES string of the molecule is CC(C)N1CCN(C2CN(S(=O)(=O)c3cn(C)cn3)C2)CC1. The van der Waals surface area contributed by atoms with Crippen molar-refractivity contribution in [2.75, 3.05) is 39.3 Å². The van der Waals surface area contributed by atoms with Gasteiger partial charge in [0, 0.05) is 64.6 Å². The minimum absolute atomic E-state index is 0.151. The molecule has 0 radical (unpaired) electrons. The molecule has 0 spiro atoms. The molecule has 2 aliphatic heterocycles. The topological polar surface area (TPSA) is 61.7 Å². The van der Waals surface area contributed by atoms with Crippen LogP contribution < -0.4 is 0 Å². The van der Waals surface area contributed by atoms with Crippen LogP contribution in [0.15, 0.2) is 17.6 Å². The van der Waals surface area contributed by atoms with Gasteiger partial charge in [-0.05, 0) is 13.8 Å². The third kappa shape index (κ3) is 2.92. The molecule has 0 atom stereocenters. The Kier molecular flexibility index (Phi) is 4.28. The molecule has 1 aromatic rings. The lowest BCUT2D eigenvalue weighted by molar-refractivity contribution is 0.0315. The van der Waals surface area contributed by atoms with E-state index in [1.807, 2.05) is 0 Å². The summed E-state index contributed by atoms with van der Waals surface area (Å²) in [6.45, 7) is 9.81. The monoisotopic (exact) mass is 327 g/mol. The molecule has 7 nitrogen and oxygen atoms in total. The Bertz CT molecular complexity index is 613. The number of nitrogens with zero attached hydrogens (tertiary/aromatic N) is 5. The molecular formula is C14H25N5O2S. The molecule has 2 saturated heterocycles. The highest BCUT2D eigenvalue weighted by molar-refractivity contribution is 7.89. The van der Waals surface area contributed by atoms with E-state index >= 15 is 0 Å². The Balaban J connectivity index is 1.54. The summed E-state index contributed by atoms with van der Waals surface area (Å²) >= 11 is 0. The van der Waals surface area contributed by atoms with Gasteiger partial charge in [-0.15, -0.1) is 0 Å². The quantitative estimate of drug-likeness (QED) is 0.768. The Labute approximate surface area is 132 Å². The molecule has 3 heterocycles. The summed E-state index contributed by atoms with van der Waals surface area (Å²) in [7, 11) is -1.64. The third-order valence-electron chi connectivity index (χ3n) is 4.71. The summed E-state index contributed by atoms with van der Waals surface area (Å²) in [5.41, 5.74) is 0. The van der Waals surface area contributed by atoms with Crippen LogP contribution in [-0.4, -0.2) is 83.4 Å². The zero-order valence-corrected chi connectivity index (χ0v) is 14.3. The number of hydrogen-bond acceptors (Lipinski definition) is 5. The van der Waals surface area contributed by atoms with Crippen LogP contribution in [0.4, 0.5) is 0 Å². The van der Waals surface area contributed by atoms with Gasteiger partial charge in [0.05, 0.1) is 6.33 Å². The first-order valence-electron chi connectivity index (χ1n) is 7.84. The van der Waals surface area contributed by atoms with Crippen LogP contribution in [0.3, 0.4) is 0 Å². The molecule has 2 aliphatic rings. The molecule has 0 amide bonds. The number of rotatable bonds is 4. The fraction of sp³-hybridized carbons (Fsp3) is 0.786. The second kappa shape index (κ2) is 5.92. The van der Waals surface area contributed by atoms with Gasteiger partial charge in [-0.1, -0.05) is 0 Å². The maximum absolute atomic E-state index is 12.4. The van der Waals surface area contributed by atoms with Crippen molar-refractivity contribution in [2.45, 2.75) is 31.0 Å². The Hall–Kier alpha value is -0.960. The first-order chi connectivity index (χ1) is 10.4. The lowest BCUT2D eigenvalue weighted by Gasteiger charge is -2.47. The second-order valence-electron chi connectivity index (χ2n) is 6.52. The lowest BCUT2D eigenvalue weighted by Crippen LogP contribution is -2.64. The van der Waals surface area contributed by atoms with E-state index in [0.29, 0.717) is 25.2 Å². The van der Waals surface area contributed by atoms with E-state index in [0.717, 1.165) is 26.2 Å². The number of aryl methyl sites for hydroxylation is 1. The third-order valence-corrected chi connectivity index (χ3v) is 6.43. The van der Waals surface area contributed by atoms with Crippen LogP contribution in [0.2, 0.25) is 0 Å². The summed E-state index contributed by atoms with van der Waals surface area (Å²) in [5, 5.41) is 0.151. The van der Waals surface area contributed by atoms with Crippen molar-refractivity contribution in [2.24, 2.45) is 7.05 Å². The number of hydrogen-bond donors (Lipinski definition) is 0. The van der Waals surface area contributed by atoms with Gasteiger partial charge in [0.2, 0.25) is 0 Å². The molecule has 0 N–H and O–H groups in total. The number of aromatic nitrogens is 2. The molecule has 0 saturated carbocycles. The summed E-state index contributed by atoms with van der Waals surface area (Å²) in [5.74, 6) is 0.